The van der Waals surface area contributed by atoms with E-state index in [0.29, 0.717) is 34.3 Å². The summed E-state index contributed by atoms with van der Waals surface area (Å²) in [5, 5.41) is 3.42. The van der Waals surface area contributed by atoms with Crippen LogP contribution in [0.5, 0.6) is 5.75 Å². The molecule has 0 fully saturated rings. The Morgan fingerprint density at radius 3 is 2.79 bits per heavy atom. The van der Waals surface area contributed by atoms with E-state index in [1.54, 1.807) is 37.6 Å². The number of methoxy groups -OCH3 is 1. The number of ether oxygens (including phenoxy) is 2. The van der Waals surface area contributed by atoms with Crippen LogP contribution < -0.4 is 10.1 Å². The van der Waals surface area contributed by atoms with Crippen LogP contribution in [0.4, 0.5) is 5.69 Å². The molecule has 5 rings (SSSR count). The van der Waals surface area contributed by atoms with Crippen LogP contribution in [0.25, 0.3) is 22.6 Å². The van der Waals surface area contributed by atoms with E-state index in [-0.39, 0.29) is 0 Å². The molecule has 0 aliphatic heterocycles. The number of para-hydroxylation sites is 1. The monoisotopic (exact) mass is 454 g/mol. The van der Waals surface area contributed by atoms with Crippen molar-refractivity contribution < 1.29 is 23.5 Å². The van der Waals surface area contributed by atoms with Crippen LogP contribution in [-0.2, 0) is 16.0 Å². The molecule has 1 N–H and O–H groups in total. The third-order valence-corrected chi connectivity index (χ3v) is 5.69. The number of aromatic nitrogens is 1. The maximum Gasteiger partial charge on any atom is 0.339 e. The second kappa shape index (κ2) is 9.23. The third kappa shape index (κ3) is 4.28. The van der Waals surface area contributed by atoms with Crippen LogP contribution in [0.2, 0.25) is 0 Å². The first kappa shape index (κ1) is 21.5. The number of hydrogen-bond donors (Lipinski definition) is 1. The van der Waals surface area contributed by atoms with Gasteiger partial charge in [0.25, 0.3) is 5.91 Å². The van der Waals surface area contributed by atoms with Crippen molar-refractivity contribution in [3.63, 3.8) is 0 Å². The van der Waals surface area contributed by atoms with E-state index in [1.165, 1.54) is 0 Å². The minimum atomic E-state index is -0.546. The second-order valence-electron chi connectivity index (χ2n) is 7.87. The Labute approximate surface area is 196 Å². The topological polar surface area (TPSA) is 90.7 Å². The van der Waals surface area contributed by atoms with Crippen molar-refractivity contribution in [3.8, 4) is 5.75 Å². The highest BCUT2D eigenvalue weighted by Gasteiger charge is 2.28. The van der Waals surface area contributed by atoms with E-state index < -0.39 is 18.5 Å². The molecule has 0 atom stereocenters. The minimum absolute atomic E-state index is 0.406. The SMILES string of the molecule is COc1cccc(NC(=O)COC(=O)c2c3c(nc4ccccc24)/C(=C/c2ccco2)CC3)c1. The number of esters is 1. The van der Waals surface area contributed by atoms with Gasteiger partial charge in [-0.2, -0.15) is 0 Å². The van der Waals surface area contributed by atoms with Crippen molar-refractivity contribution in [3.05, 3.63) is 89.5 Å². The van der Waals surface area contributed by atoms with Gasteiger partial charge in [-0.1, -0.05) is 24.3 Å². The van der Waals surface area contributed by atoms with Gasteiger partial charge in [0.05, 0.1) is 30.1 Å². The number of carbonyl (C=O) groups is 2. The Morgan fingerprint density at radius 2 is 1.97 bits per heavy atom. The largest absolute Gasteiger partial charge is 0.497 e. The van der Waals surface area contributed by atoms with Gasteiger partial charge in [-0.15, -0.1) is 0 Å². The Bertz CT molecular complexity index is 1410. The number of fused-ring (bicyclic) bond motifs is 2. The Balaban J connectivity index is 1.40. The molecule has 0 radical (unpaired) electrons. The molecule has 2 heterocycles. The molecule has 0 bridgehead atoms. The molecule has 0 unspecified atom stereocenters. The van der Waals surface area contributed by atoms with E-state index >= 15 is 0 Å². The van der Waals surface area contributed by atoms with Crippen molar-refractivity contribution in [2.24, 2.45) is 0 Å². The highest BCUT2D eigenvalue weighted by molar-refractivity contribution is 6.08. The molecule has 7 heteroatoms. The number of amides is 1. The first-order chi connectivity index (χ1) is 16.6. The lowest BCUT2D eigenvalue weighted by atomic mass is 10.0. The van der Waals surface area contributed by atoms with E-state index in [4.69, 9.17) is 18.9 Å². The quantitative estimate of drug-likeness (QED) is 0.407. The highest BCUT2D eigenvalue weighted by Crippen LogP contribution is 2.37. The molecule has 7 nitrogen and oxygen atoms in total. The van der Waals surface area contributed by atoms with Crippen molar-refractivity contribution in [1.29, 1.82) is 0 Å². The van der Waals surface area contributed by atoms with Gasteiger partial charge in [0.15, 0.2) is 6.61 Å². The summed E-state index contributed by atoms with van der Waals surface area (Å²) in [5.41, 5.74) is 4.31. The predicted molar refractivity (Wildman–Crippen MR) is 129 cm³/mol. The number of furan rings is 1. The zero-order valence-corrected chi connectivity index (χ0v) is 18.5. The molecule has 1 aliphatic carbocycles. The van der Waals surface area contributed by atoms with Gasteiger partial charge in [0, 0.05) is 17.1 Å². The summed E-state index contributed by atoms with van der Waals surface area (Å²) in [4.78, 5) is 30.4. The molecular formula is C27H22N2O5. The Kier molecular flexibility index (Phi) is 5.82. The molecule has 1 amide bonds. The molecule has 4 aromatic rings. The molecule has 1 aliphatic rings. The van der Waals surface area contributed by atoms with Gasteiger partial charge in [-0.3, -0.25) is 4.79 Å². The smallest absolute Gasteiger partial charge is 0.339 e. The average molecular weight is 454 g/mol. The Morgan fingerprint density at radius 1 is 1.09 bits per heavy atom. The van der Waals surface area contributed by atoms with Gasteiger partial charge in [0.1, 0.15) is 11.5 Å². The number of hydrogen-bond acceptors (Lipinski definition) is 6. The number of rotatable bonds is 6. The van der Waals surface area contributed by atoms with Gasteiger partial charge in [0.2, 0.25) is 0 Å². The zero-order chi connectivity index (χ0) is 23.5. The maximum atomic E-state index is 13.2. The molecular weight excluding hydrogens is 432 g/mol. The highest BCUT2D eigenvalue weighted by atomic mass is 16.5. The standard InChI is InChI=1S/C27H22N2O5/c1-32-19-7-4-6-18(15-19)28-24(30)16-34-27(31)25-21-9-2-3-10-23(21)29-26-17(11-12-22(25)26)14-20-8-5-13-33-20/h2-10,13-15H,11-12,16H2,1H3,(H,28,30)/b17-14+. The van der Waals surface area contributed by atoms with E-state index in [0.717, 1.165) is 29.0 Å². The van der Waals surface area contributed by atoms with Crippen LogP contribution in [0.15, 0.2) is 71.3 Å². The number of pyridine rings is 1. The summed E-state index contributed by atoms with van der Waals surface area (Å²) in [5.74, 6) is 0.369. The number of benzene rings is 2. The average Bonchev–Trinajstić information content (AvgIpc) is 3.51. The van der Waals surface area contributed by atoms with Gasteiger partial charge < -0.3 is 19.2 Å². The first-order valence-corrected chi connectivity index (χ1v) is 10.9. The lowest BCUT2D eigenvalue weighted by molar-refractivity contribution is -0.119. The van der Waals surface area contributed by atoms with E-state index in [9.17, 15) is 9.59 Å². The molecule has 170 valence electrons. The molecule has 2 aromatic carbocycles. The van der Waals surface area contributed by atoms with Gasteiger partial charge in [-0.25, -0.2) is 9.78 Å². The summed E-state index contributed by atoms with van der Waals surface area (Å²) in [7, 11) is 1.55. The summed E-state index contributed by atoms with van der Waals surface area (Å²) in [6.45, 7) is -0.406. The fourth-order valence-corrected chi connectivity index (χ4v) is 4.16. The fourth-order valence-electron chi connectivity index (χ4n) is 4.16. The molecule has 2 aromatic heterocycles. The van der Waals surface area contributed by atoms with Crippen LogP contribution >= 0.6 is 0 Å². The number of carbonyl (C=O) groups excluding carboxylic acids is 2. The van der Waals surface area contributed by atoms with Crippen LogP contribution in [-0.4, -0.2) is 30.6 Å². The summed E-state index contributed by atoms with van der Waals surface area (Å²) in [6.07, 6.45) is 4.95. The summed E-state index contributed by atoms with van der Waals surface area (Å²) >= 11 is 0. The van der Waals surface area contributed by atoms with Gasteiger partial charge in [-0.05, 0) is 60.4 Å². The van der Waals surface area contributed by atoms with Crippen LogP contribution in [0, 0.1) is 0 Å². The van der Waals surface area contributed by atoms with Crippen LogP contribution in [0.1, 0.15) is 33.8 Å². The number of nitrogens with one attached hydrogen (secondary N) is 1. The maximum absolute atomic E-state index is 13.2. The molecule has 0 spiro atoms. The van der Waals surface area contributed by atoms with E-state index in [2.05, 4.69) is 5.32 Å². The van der Waals surface area contributed by atoms with Crippen LogP contribution in [0.3, 0.4) is 0 Å². The summed E-state index contributed by atoms with van der Waals surface area (Å²) in [6, 6.07) is 18.1. The lowest BCUT2D eigenvalue weighted by Gasteiger charge is -2.12. The van der Waals surface area contributed by atoms with Crippen molar-refractivity contribution >= 4 is 40.1 Å². The van der Waals surface area contributed by atoms with Crippen molar-refractivity contribution in [2.75, 3.05) is 19.0 Å². The minimum Gasteiger partial charge on any atom is -0.497 e. The normalized spacial score (nSPS) is 13.6. The number of nitrogens with zero attached hydrogens (tertiary/aromatic N) is 1. The zero-order valence-electron chi connectivity index (χ0n) is 18.5. The first-order valence-electron chi connectivity index (χ1n) is 10.9. The third-order valence-electron chi connectivity index (χ3n) is 5.69. The predicted octanol–water partition coefficient (Wildman–Crippen LogP) is 5.12. The Hall–Kier alpha value is -4.39. The summed E-state index contributed by atoms with van der Waals surface area (Å²) < 4.78 is 16.1. The number of allylic oxidation sites excluding steroid dienone is 1. The second-order valence-corrected chi connectivity index (χ2v) is 7.87. The number of anilines is 1. The van der Waals surface area contributed by atoms with Crippen molar-refractivity contribution in [2.45, 2.75) is 12.8 Å². The molecule has 0 saturated carbocycles. The van der Waals surface area contributed by atoms with E-state index in [1.807, 2.05) is 42.5 Å². The fraction of sp³-hybridized carbons (Fsp3) is 0.148. The lowest BCUT2D eigenvalue weighted by Crippen LogP contribution is -2.21. The van der Waals surface area contributed by atoms with Gasteiger partial charge >= 0.3 is 5.97 Å². The molecule has 34 heavy (non-hydrogen) atoms. The molecule has 0 saturated heterocycles. The van der Waals surface area contributed by atoms with Crippen molar-refractivity contribution in [1.82, 2.24) is 4.98 Å².